The fraction of sp³-hybridized carbons (Fsp3) is 0.500. The Labute approximate surface area is 121 Å². The van der Waals surface area contributed by atoms with Gasteiger partial charge in [0, 0.05) is 19.0 Å². The van der Waals surface area contributed by atoms with Gasteiger partial charge in [0.1, 0.15) is 12.2 Å². The largest absolute Gasteiger partial charge is 0.327 e. The van der Waals surface area contributed by atoms with E-state index < -0.39 is 0 Å². The zero-order valence-electron chi connectivity index (χ0n) is 12.4. The molecule has 108 valence electrons. The molecule has 0 spiro atoms. The number of aromatic nitrogens is 3. The van der Waals surface area contributed by atoms with Crippen LogP contribution in [0.2, 0.25) is 0 Å². The lowest BCUT2D eigenvalue weighted by Crippen LogP contribution is -2.25. The third-order valence-electron chi connectivity index (χ3n) is 3.62. The highest BCUT2D eigenvalue weighted by Gasteiger charge is 2.10. The first kappa shape index (κ1) is 14.7. The van der Waals surface area contributed by atoms with Gasteiger partial charge >= 0.3 is 0 Å². The van der Waals surface area contributed by atoms with Crippen molar-refractivity contribution in [1.82, 2.24) is 14.8 Å². The van der Waals surface area contributed by atoms with Crippen LogP contribution >= 0.6 is 0 Å². The summed E-state index contributed by atoms with van der Waals surface area (Å²) in [6, 6.07) is 8.63. The molecule has 1 aromatic heterocycles. The molecule has 0 amide bonds. The summed E-state index contributed by atoms with van der Waals surface area (Å²) >= 11 is 0. The smallest absolute Gasteiger partial charge is 0.138 e. The maximum Gasteiger partial charge on any atom is 0.138 e. The first-order valence-electron chi connectivity index (χ1n) is 7.37. The molecule has 2 aromatic rings. The van der Waals surface area contributed by atoms with Crippen molar-refractivity contribution in [3.8, 4) is 0 Å². The van der Waals surface area contributed by atoms with E-state index in [4.69, 9.17) is 5.73 Å². The highest BCUT2D eigenvalue weighted by Crippen LogP contribution is 2.11. The molecule has 0 radical (unpaired) electrons. The van der Waals surface area contributed by atoms with E-state index in [1.807, 2.05) is 4.68 Å². The van der Waals surface area contributed by atoms with Crippen molar-refractivity contribution in [2.45, 2.75) is 52.1 Å². The Kier molecular flexibility index (Phi) is 5.30. The van der Waals surface area contributed by atoms with Gasteiger partial charge in [0.05, 0.1) is 0 Å². The van der Waals surface area contributed by atoms with Crippen molar-refractivity contribution in [2.24, 2.45) is 5.73 Å². The molecule has 0 aliphatic heterocycles. The van der Waals surface area contributed by atoms with E-state index in [1.54, 1.807) is 6.33 Å². The maximum atomic E-state index is 6.25. The van der Waals surface area contributed by atoms with Crippen molar-refractivity contribution in [2.75, 3.05) is 0 Å². The molecule has 0 aliphatic carbocycles. The number of hydrogen-bond donors (Lipinski definition) is 1. The molecule has 1 unspecified atom stereocenters. The van der Waals surface area contributed by atoms with Crippen molar-refractivity contribution in [1.29, 1.82) is 0 Å². The van der Waals surface area contributed by atoms with E-state index in [-0.39, 0.29) is 6.04 Å². The highest BCUT2D eigenvalue weighted by atomic mass is 15.3. The molecular formula is C16H24N4. The molecule has 4 heteroatoms. The van der Waals surface area contributed by atoms with Crippen LogP contribution in [-0.4, -0.2) is 20.8 Å². The van der Waals surface area contributed by atoms with Crippen LogP contribution in [0.25, 0.3) is 0 Å². The van der Waals surface area contributed by atoms with Crippen LogP contribution in [0.5, 0.6) is 0 Å². The Morgan fingerprint density at radius 1 is 1.30 bits per heavy atom. The first-order chi connectivity index (χ1) is 9.70. The molecule has 0 saturated carbocycles. The van der Waals surface area contributed by atoms with Gasteiger partial charge in [0.2, 0.25) is 0 Å². The van der Waals surface area contributed by atoms with Crippen LogP contribution in [0, 0.1) is 6.92 Å². The summed E-state index contributed by atoms with van der Waals surface area (Å²) in [7, 11) is 0. The predicted octanol–water partition coefficient (Wildman–Crippen LogP) is 2.50. The van der Waals surface area contributed by atoms with Crippen LogP contribution in [0.15, 0.2) is 30.6 Å². The highest BCUT2D eigenvalue weighted by molar-refractivity contribution is 5.25. The molecule has 4 nitrogen and oxygen atoms in total. The van der Waals surface area contributed by atoms with Gasteiger partial charge in [-0.3, -0.25) is 4.68 Å². The Morgan fingerprint density at radius 3 is 2.85 bits per heavy atom. The normalized spacial score (nSPS) is 12.6. The summed E-state index contributed by atoms with van der Waals surface area (Å²) in [5, 5.41) is 4.24. The van der Waals surface area contributed by atoms with Gasteiger partial charge in [-0.15, -0.1) is 0 Å². The van der Waals surface area contributed by atoms with Crippen LogP contribution in [0.4, 0.5) is 0 Å². The third kappa shape index (κ3) is 3.90. The molecule has 1 aromatic carbocycles. The van der Waals surface area contributed by atoms with E-state index in [0.29, 0.717) is 0 Å². The molecule has 0 fully saturated rings. The lowest BCUT2D eigenvalue weighted by Gasteiger charge is -2.13. The van der Waals surface area contributed by atoms with Crippen molar-refractivity contribution in [3.63, 3.8) is 0 Å². The fourth-order valence-electron chi connectivity index (χ4n) is 2.41. The molecule has 0 bridgehead atoms. The topological polar surface area (TPSA) is 56.7 Å². The average molecular weight is 272 g/mol. The van der Waals surface area contributed by atoms with Gasteiger partial charge < -0.3 is 5.73 Å². The summed E-state index contributed by atoms with van der Waals surface area (Å²) in [6.07, 6.45) is 5.49. The molecular weight excluding hydrogens is 248 g/mol. The van der Waals surface area contributed by atoms with Gasteiger partial charge in [-0.05, 0) is 37.3 Å². The molecule has 20 heavy (non-hydrogen) atoms. The number of hydrogen-bond acceptors (Lipinski definition) is 3. The van der Waals surface area contributed by atoms with Gasteiger partial charge in [-0.2, -0.15) is 5.10 Å². The molecule has 1 atom stereocenters. The molecule has 0 saturated heterocycles. The summed E-state index contributed by atoms with van der Waals surface area (Å²) in [5.74, 6) is 1.00. The Morgan fingerprint density at radius 2 is 2.10 bits per heavy atom. The van der Waals surface area contributed by atoms with Crippen LogP contribution in [-0.2, 0) is 19.4 Å². The van der Waals surface area contributed by atoms with Crippen LogP contribution < -0.4 is 5.73 Å². The average Bonchev–Trinajstić information content (AvgIpc) is 2.86. The summed E-state index contributed by atoms with van der Waals surface area (Å²) in [4.78, 5) is 4.32. The molecule has 0 aliphatic rings. The monoisotopic (exact) mass is 272 g/mol. The second kappa shape index (κ2) is 7.20. The summed E-state index contributed by atoms with van der Waals surface area (Å²) in [5.41, 5.74) is 8.98. The van der Waals surface area contributed by atoms with Crippen LogP contribution in [0.3, 0.4) is 0 Å². The predicted molar refractivity (Wildman–Crippen MR) is 81.5 cm³/mol. The van der Waals surface area contributed by atoms with E-state index in [9.17, 15) is 0 Å². The lowest BCUT2D eigenvalue weighted by atomic mass is 10.00. The number of aryl methyl sites for hydroxylation is 3. The van der Waals surface area contributed by atoms with Crippen molar-refractivity contribution >= 4 is 0 Å². The van der Waals surface area contributed by atoms with Gasteiger partial charge in [-0.1, -0.05) is 31.2 Å². The van der Waals surface area contributed by atoms with Crippen molar-refractivity contribution < 1.29 is 0 Å². The molecule has 1 heterocycles. The minimum atomic E-state index is 0.134. The zero-order valence-corrected chi connectivity index (χ0v) is 12.4. The Bertz CT molecular complexity index is 533. The number of benzene rings is 1. The van der Waals surface area contributed by atoms with Gasteiger partial charge in [-0.25, -0.2) is 4.98 Å². The second-order valence-electron chi connectivity index (χ2n) is 5.33. The number of nitrogens with two attached hydrogens (primary N) is 1. The minimum absolute atomic E-state index is 0.134. The van der Waals surface area contributed by atoms with E-state index in [2.05, 4.69) is 48.2 Å². The van der Waals surface area contributed by atoms with Crippen molar-refractivity contribution in [3.05, 3.63) is 47.5 Å². The fourth-order valence-corrected chi connectivity index (χ4v) is 2.41. The summed E-state index contributed by atoms with van der Waals surface area (Å²) in [6.45, 7) is 5.21. The quantitative estimate of drug-likeness (QED) is 0.842. The Hall–Kier alpha value is -1.68. The SMILES string of the molecule is CCCn1ncnc1CC(N)CCc1ccccc1C. The Balaban J connectivity index is 1.88. The van der Waals surface area contributed by atoms with Crippen LogP contribution in [0.1, 0.15) is 36.7 Å². The first-order valence-corrected chi connectivity index (χ1v) is 7.37. The molecule has 2 rings (SSSR count). The van der Waals surface area contributed by atoms with E-state index >= 15 is 0 Å². The van der Waals surface area contributed by atoms with E-state index in [1.165, 1.54) is 11.1 Å². The lowest BCUT2D eigenvalue weighted by molar-refractivity contribution is 0.527. The number of nitrogens with zero attached hydrogens (tertiary/aromatic N) is 3. The minimum Gasteiger partial charge on any atom is -0.327 e. The maximum absolute atomic E-state index is 6.25. The van der Waals surface area contributed by atoms with Gasteiger partial charge in [0.15, 0.2) is 0 Å². The molecule has 2 N–H and O–H groups in total. The summed E-state index contributed by atoms with van der Waals surface area (Å²) < 4.78 is 1.97. The van der Waals surface area contributed by atoms with Gasteiger partial charge in [0.25, 0.3) is 0 Å². The number of rotatable bonds is 7. The second-order valence-corrected chi connectivity index (χ2v) is 5.33. The zero-order chi connectivity index (χ0) is 14.4. The third-order valence-corrected chi connectivity index (χ3v) is 3.62. The standard InChI is InChI=1S/C16H24N4/c1-3-10-20-16(18-12-19-20)11-15(17)9-8-14-7-5-4-6-13(14)2/h4-7,12,15H,3,8-11,17H2,1-2H3. The van der Waals surface area contributed by atoms with E-state index in [0.717, 1.165) is 38.1 Å².